The molecule has 5 rings (SSSR count). The molecule has 3 aliphatic carbocycles. The molecule has 1 aromatic carbocycles. The monoisotopic (exact) mass is 325 g/mol. The molecular weight excluding hydrogens is 292 g/mol. The molecule has 1 aromatic rings. The summed E-state index contributed by atoms with van der Waals surface area (Å²) >= 11 is 0. The van der Waals surface area contributed by atoms with Crippen molar-refractivity contribution in [3.63, 3.8) is 0 Å². The van der Waals surface area contributed by atoms with E-state index in [-0.39, 0.29) is 0 Å². The molecule has 2 atom stereocenters. The number of allylic oxidation sites excluding steroid dienone is 1. The number of hydrogen-bond donors (Lipinski definition) is 1. The Morgan fingerprint density at radius 1 is 1.17 bits per heavy atom. The number of quaternary nitrogens is 1. The van der Waals surface area contributed by atoms with Gasteiger partial charge in [-0.25, -0.2) is 0 Å². The highest BCUT2D eigenvalue weighted by molar-refractivity contribution is 5.55. The van der Waals surface area contributed by atoms with Crippen LogP contribution in [-0.4, -0.2) is 32.7 Å². The fourth-order valence-electron chi connectivity index (χ4n) is 5.27. The van der Waals surface area contributed by atoms with Crippen LogP contribution in [0, 0.1) is 31.1 Å². The van der Waals surface area contributed by atoms with Crippen LogP contribution in [0.5, 0.6) is 0 Å². The van der Waals surface area contributed by atoms with E-state index in [0.29, 0.717) is 5.41 Å². The van der Waals surface area contributed by atoms with Gasteiger partial charge in [-0.3, -0.25) is 0 Å². The molecule has 2 nitrogen and oxygen atoms in total. The highest BCUT2D eigenvalue weighted by Crippen LogP contribution is 2.58. The third kappa shape index (κ3) is 2.69. The van der Waals surface area contributed by atoms with E-state index >= 15 is 0 Å². The molecule has 1 aliphatic heterocycles. The standard InChI is InChI=1S/C22H32N2/c1-16-5-6-17(2)21(13-16)24-11-9-23(10-12-24)15-18-7-8-19-14-20(18)22(19,3)4/h5-7,13,19-20H,8-12,14-15H2,1-4H3/p+1/t19-,20-/m0/s1. The van der Waals surface area contributed by atoms with Crippen LogP contribution < -0.4 is 9.80 Å². The first kappa shape index (κ1) is 16.2. The minimum atomic E-state index is 0.573. The van der Waals surface area contributed by atoms with Crippen molar-refractivity contribution >= 4 is 5.69 Å². The fraction of sp³-hybridized carbons (Fsp3) is 0.636. The first-order valence-electron chi connectivity index (χ1n) is 9.80. The third-order valence-corrected chi connectivity index (χ3v) is 7.21. The van der Waals surface area contributed by atoms with Gasteiger partial charge in [-0.15, -0.1) is 0 Å². The van der Waals surface area contributed by atoms with Crippen LogP contribution in [0.1, 0.15) is 37.8 Å². The number of nitrogens with one attached hydrogen (secondary N) is 1. The molecule has 0 spiro atoms. The number of anilines is 1. The minimum absolute atomic E-state index is 0.573. The number of piperazine rings is 1. The highest BCUT2D eigenvalue weighted by Gasteiger charge is 2.51. The maximum atomic E-state index is 2.60. The molecule has 24 heavy (non-hydrogen) atoms. The van der Waals surface area contributed by atoms with E-state index in [2.05, 4.69) is 56.9 Å². The average Bonchev–Trinajstić information content (AvgIpc) is 2.58. The van der Waals surface area contributed by atoms with E-state index in [0.717, 1.165) is 11.8 Å². The van der Waals surface area contributed by atoms with Crippen molar-refractivity contribution in [1.29, 1.82) is 0 Å². The van der Waals surface area contributed by atoms with Gasteiger partial charge in [-0.1, -0.05) is 32.1 Å². The Labute approximate surface area is 147 Å². The van der Waals surface area contributed by atoms with Gasteiger partial charge >= 0.3 is 0 Å². The molecule has 4 aliphatic rings. The van der Waals surface area contributed by atoms with Gasteiger partial charge < -0.3 is 9.80 Å². The van der Waals surface area contributed by atoms with Crippen molar-refractivity contribution in [3.8, 4) is 0 Å². The number of aryl methyl sites for hydroxylation is 2. The molecule has 0 radical (unpaired) electrons. The maximum absolute atomic E-state index is 2.60. The quantitative estimate of drug-likeness (QED) is 0.840. The summed E-state index contributed by atoms with van der Waals surface area (Å²) in [5.41, 5.74) is 6.59. The molecule has 0 aromatic heterocycles. The summed E-state index contributed by atoms with van der Waals surface area (Å²) in [5, 5.41) is 0. The van der Waals surface area contributed by atoms with Gasteiger partial charge in [0.15, 0.2) is 0 Å². The predicted octanol–water partition coefficient (Wildman–Crippen LogP) is 3.00. The first-order valence-corrected chi connectivity index (χ1v) is 9.80. The average molecular weight is 326 g/mol. The second-order valence-corrected chi connectivity index (χ2v) is 9.03. The zero-order valence-corrected chi connectivity index (χ0v) is 15.9. The van der Waals surface area contributed by atoms with E-state index < -0.39 is 0 Å². The summed E-state index contributed by atoms with van der Waals surface area (Å²) in [4.78, 5) is 4.40. The lowest BCUT2D eigenvalue weighted by Gasteiger charge is -2.56. The van der Waals surface area contributed by atoms with Gasteiger partial charge in [0.1, 0.15) is 0 Å². The molecule has 2 heteroatoms. The third-order valence-electron chi connectivity index (χ3n) is 7.21. The van der Waals surface area contributed by atoms with Crippen molar-refractivity contribution in [3.05, 3.63) is 41.0 Å². The van der Waals surface area contributed by atoms with Gasteiger partial charge in [0, 0.05) is 5.69 Å². The maximum Gasteiger partial charge on any atom is 0.0991 e. The summed E-state index contributed by atoms with van der Waals surface area (Å²) in [5.74, 6) is 1.84. The molecule has 1 N–H and O–H groups in total. The van der Waals surface area contributed by atoms with Crippen LogP contribution in [0.25, 0.3) is 0 Å². The Bertz CT molecular complexity index is 650. The van der Waals surface area contributed by atoms with E-state index in [1.165, 1.54) is 62.4 Å². The summed E-state index contributed by atoms with van der Waals surface area (Å²) in [6, 6.07) is 6.86. The number of fused-ring (bicyclic) bond motifs is 1. The molecule has 2 bridgehead atoms. The summed E-state index contributed by atoms with van der Waals surface area (Å²) in [7, 11) is 0. The zero-order valence-electron chi connectivity index (χ0n) is 15.9. The van der Waals surface area contributed by atoms with E-state index in [4.69, 9.17) is 0 Å². The van der Waals surface area contributed by atoms with Crippen LogP contribution in [0.4, 0.5) is 5.69 Å². The summed E-state index contributed by atoms with van der Waals surface area (Å²) in [6.07, 6.45) is 5.38. The Balaban J connectivity index is 1.37. The van der Waals surface area contributed by atoms with Crippen molar-refractivity contribution in [2.45, 2.75) is 40.5 Å². The predicted molar refractivity (Wildman–Crippen MR) is 102 cm³/mol. The van der Waals surface area contributed by atoms with Crippen molar-refractivity contribution in [2.24, 2.45) is 17.3 Å². The largest absolute Gasteiger partial charge is 0.360 e. The molecular formula is C22H33N2+. The normalized spacial score (nSPS) is 29.2. The summed E-state index contributed by atoms with van der Waals surface area (Å²) in [6.45, 7) is 15.7. The zero-order chi connectivity index (χ0) is 16.9. The number of rotatable bonds is 3. The molecule has 130 valence electrons. The van der Waals surface area contributed by atoms with Gasteiger partial charge in [-0.05, 0) is 66.7 Å². The summed E-state index contributed by atoms with van der Waals surface area (Å²) < 4.78 is 0. The Morgan fingerprint density at radius 3 is 2.58 bits per heavy atom. The van der Waals surface area contributed by atoms with Crippen molar-refractivity contribution < 1.29 is 4.90 Å². The molecule has 1 saturated heterocycles. The molecule has 2 fully saturated rings. The lowest BCUT2D eigenvalue weighted by molar-refractivity contribution is -0.896. The van der Waals surface area contributed by atoms with Crippen LogP contribution in [0.15, 0.2) is 29.8 Å². The molecule has 1 saturated carbocycles. The molecule has 0 unspecified atom stereocenters. The molecule has 1 heterocycles. The Morgan fingerprint density at radius 2 is 1.92 bits per heavy atom. The van der Waals surface area contributed by atoms with Crippen LogP contribution >= 0.6 is 0 Å². The lowest BCUT2D eigenvalue weighted by Crippen LogP contribution is -3.15. The Hall–Kier alpha value is -1.28. The van der Waals surface area contributed by atoms with E-state index in [1.54, 1.807) is 10.5 Å². The number of benzene rings is 1. The van der Waals surface area contributed by atoms with Crippen molar-refractivity contribution in [1.82, 2.24) is 0 Å². The van der Waals surface area contributed by atoms with E-state index in [1.807, 2.05) is 0 Å². The van der Waals surface area contributed by atoms with Gasteiger partial charge in [0.2, 0.25) is 0 Å². The topological polar surface area (TPSA) is 7.68 Å². The second-order valence-electron chi connectivity index (χ2n) is 9.03. The number of nitrogens with zero attached hydrogens (tertiary/aromatic N) is 1. The van der Waals surface area contributed by atoms with E-state index in [9.17, 15) is 0 Å². The fourth-order valence-corrected chi connectivity index (χ4v) is 5.27. The van der Waals surface area contributed by atoms with Gasteiger partial charge in [0.25, 0.3) is 0 Å². The minimum Gasteiger partial charge on any atom is -0.360 e. The first-order chi connectivity index (χ1) is 11.4. The second kappa shape index (κ2) is 5.91. The van der Waals surface area contributed by atoms with Gasteiger partial charge in [0.05, 0.1) is 32.7 Å². The highest BCUT2D eigenvalue weighted by atomic mass is 15.3. The van der Waals surface area contributed by atoms with Crippen LogP contribution in [0.2, 0.25) is 0 Å². The van der Waals surface area contributed by atoms with Crippen LogP contribution in [0.3, 0.4) is 0 Å². The lowest BCUT2D eigenvalue weighted by atomic mass is 9.49. The van der Waals surface area contributed by atoms with Crippen molar-refractivity contribution in [2.75, 3.05) is 37.6 Å². The number of hydrogen-bond acceptors (Lipinski definition) is 1. The Kier molecular flexibility index (Phi) is 3.99. The van der Waals surface area contributed by atoms with Crippen LogP contribution in [-0.2, 0) is 0 Å². The smallest absolute Gasteiger partial charge is 0.0991 e. The molecule has 0 amide bonds. The SMILES string of the molecule is Cc1ccc(C)c(N2CC[NH+](CC3=CC[C@H]4C[C@@H]3C4(C)C)CC2)c1. The van der Waals surface area contributed by atoms with Gasteiger partial charge in [-0.2, -0.15) is 0 Å².